The summed E-state index contributed by atoms with van der Waals surface area (Å²) in [5, 5.41) is 5.44. The van der Waals surface area contributed by atoms with Gasteiger partial charge < -0.3 is 20.3 Å². The molecule has 2 aliphatic rings. The average Bonchev–Trinajstić information content (AvgIpc) is 3.43. The van der Waals surface area contributed by atoms with E-state index in [1.165, 1.54) is 10.5 Å². The molecular formula is C25H28FN3O4. The number of nitrogens with zero attached hydrogens (tertiary/aromatic N) is 1. The number of cyclic esters (lactones) is 1. The van der Waals surface area contributed by atoms with Crippen molar-refractivity contribution in [3.05, 3.63) is 71.3 Å². The number of rotatable bonds is 6. The van der Waals surface area contributed by atoms with Crippen LogP contribution in [-0.2, 0) is 14.3 Å². The van der Waals surface area contributed by atoms with Crippen molar-refractivity contribution in [1.29, 1.82) is 0 Å². The monoisotopic (exact) mass is 453 g/mol. The molecule has 1 unspecified atom stereocenters. The maximum atomic E-state index is 14.3. The summed E-state index contributed by atoms with van der Waals surface area (Å²) in [6.45, 7) is 4.03. The third kappa shape index (κ3) is 4.99. The Kier molecular flexibility index (Phi) is 6.62. The molecule has 2 heterocycles. The largest absolute Gasteiger partial charge is 0.434 e. The van der Waals surface area contributed by atoms with Crippen molar-refractivity contribution in [2.45, 2.75) is 50.5 Å². The van der Waals surface area contributed by atoms with Crippen molar-refractivity contribution in [2.75, 3.05) is 13.1 Å². The minimum atomic E-state index is -1.32. The van der Waals surface area contributed by atoms with Crippen LogP contribution in [0.3, 0.4) is 0 Å². The molecule has 0 spiro atoms. The van der Waals surface area contributed by atoms with Crippen molar-refractivity contribution >= 4 is 17.9 Å². The van der Waals surface area contributed by atoms with Gasteiger partial charge in [0, 0.05) is 6.42 Å². The maximum Gasteiger partial charge on any atom is 0.408 e. The van der Waals surface area contributed by atoms with Crippen LogP contribution in [-0.4, -0.2) is 54.2 Å². The van der Waals surface area contributed by atoms with Gasteiger partial charge >= 0.3 is 6.09 Å². The Morgan fingerprint density at radius 3 is 2.30 bits per heavy atom. The molecule has 174 valence electrons. The molecule has 4 rings (SSSR count). The second-order valence-electron chi connectivity index (χ2n) is 8.79. The number of hydrogen-bond acceptors (Lipinski definition) is 4. The predicted octanol–water partition coefficient (Wildman–Crippen LogP) is 3.06. The lowest BCUT2D eigenvalue weighted by Crippen LogP contribution is -2.50. The number of hydrogen-bond donors (Lipinski definition) is 2. The first kappa shape index (κ1) is 22.8. The van der Waals surface area contributed by atoms with Gasteiger partial charge in [-0.05, 0) is 22.6 Å². The molecule has 0 saturated carbocycles. The molecule has 2 aliphatic heterocycles. The minimum absolute atomic E-state index is 0.00823. The van der Waals surface area contributed by atoms with E-state index in [-0.39, 0.29) is 19.5 Å². The molecule has 2 aromatic rings. The Hall–Kier alpha value is -3.42. The molecule has 8 heteroatoms. The van der Waals surface area contributed by atoms with E-state index in [2.05, 4.69) is 24.5 Å². The number of amides is 3. The van der Waals surface area contributed by atoms with E-state index in [1.54, 1.807) is 0 Å². The van der Waals surface area contributed by atoms with E-state index in [0.717, 1.165) is 11.1 Å². The number of nitrogens with one attached hydrogen (secondary N) is 2. The highest BCUT2D eigenvalue weighted by Gasteiger charge is 2.44. The number of carbonyl (C=O) groups is 3. The van der Waals surface area contributed by atoms with Gasteiger partial charge in [0.2, 0.25) is 5.91 Å². The van der Waals surface area contributed by atoms with Crippen molar-refractivity contribution in [1.82, 2.24) is 15.5 Å². The van der Waals surface area contributed by atoms with Crippen molar-refractivity contribution in [3.63, 3.8) is 0 Å². The molecule has 2 saturated heterocycles. The molecule has 2 fully saturated rings. The Morgan fingerprint density at radius 2 is 1.70 bits per heavy atom. The summed E-state index contributed by atoms with van der Waals surface area (Å²) >= 11 is 0. The van der Waals surface area contributed by atoms with Crippen molar-refractivity contribution in [2.24, 2.45) is 0 Å². The molecule has 0 aromatic heterocycles. The number of alkyl carbamates (subject to hydrolysis) is 1. The van der Waals surface area contributed by atoms with Gasteiger partial charge in [-0.3, -0.25) is 9.59 Å². The van der Waals surface area contributed by atoms with Gasteiger partial charge in [0.25, 0.3) is 5.91 Å². The molecule has 0 bridgehead atoms. The van der Waals surface area contributed by atoms with Crippen LogP contribution in [0.15, 0.2) is 54.6 Å². The topological polar surface area (TPSA) is 87.7 Å². The zero-order chi connectivity index (χ0) is 23.5. The highest BCUT2D eigenvalue weighted by Crippen LogP contribution is 2.27. The van der Waals surface area contributed by atoms with Crippen molar-refractivity contribution in [3.8, 4) is 0 Å². The molecule has 3 amide bonds. The normalized spacial score (nSPS) is 23.2. The van der Waals surface area contributed by atoms with Crippen LogP contribution in [0.25, 0.3) is 0 Å². The SMILES string of the molecule is CC(C)c1ccc([C@@H](NC(=O)C2C[C@@H](F)CN2C(=O)[C@@H]2CNC(=O)O2)c2ccccc2)cc1. The van der Waals surface area contributed by atoms with Crippen LogP contribution in [0.4, 0.5) is 9.18 Å². The Balaban J connectivity index is 1.56. The molecule has 2 N–H and O–H groups in total. The van der Waals surface area contributed by atoms with E-state index in [4.69, 9.17) is 4.74 Å². The van der Waals surface area contributed by atoms with Gasteiger partial charge in [0.05, 0.1) is 19.1 Å². The summed E-state index contributed by atoms with van der Waals surface area (Å²) in [4.78, 5) is 38.7. The van der Waals surface area contributed by atoms with Gasteiger partial charge in [0.15, 0.2) is 6.10 Å². The van der Waals surface area contributed by atoms with Crippen LogP contribution in [0, 0.1) is 0 Å². The fourth-order valence-corrected chi connectivity index (χ4v) is 4.30. The van der Waals surface area contributed by atoms with Gasteiger partial charge in [-0.25, -0.2) is 9.18 Å². The van der Waals surface area contributed by atoms with E-state index in [9.17, 15) is 18.8 Å². The standard InChI is InChI=1S/C25H28FN3O4/c1-15(2)16-8-10-18(11-9-16)22(17-6-4-3-5-7-17)28-23(30)20-12-19(26)14-29(20)24(31)21-13-27-25(32)33-21/h3-11,15,19-22H,12-14H2,1-2H3,(H,27,32)(H,28,30)/t19-,20?,21+,22+/m1/s1. The van der Waals surface area contributed by atoms with Gasteiger partial charge in [0.1, 0.15) is 12.2 Å². The molecule has 4 atom stereocenters. The molecular weight excluding hydrogens is 425 g/mol. The first-order valence-corrected chi connectivity index (χ1v) is 11.2. The average molecular weight is 454 g/mol. The fraction of sp³-hybridized carbons (Fsp3) is 0.400. The predicted molar refractivity (Wildman–Crippen MR) is 120 cm³/mol. The fourth-order valence-electron chi connectivity index (χ4n) is 4.30. The first-order valence-electron chi connectivity index (χ1n) is 11.2. The quantitative estimate of drug-likeness (QED) is 0.704. The zero-order valence-electron chi connectivity index (χ0n) is 18.7. The van der Waals surface area contributed by atoms with Crippen LogP contribution < -0.4 is 10.6 Å². The molecule has 2 aromatic carbocycles. The molecule has 0 aliphatic carbocycles. The van der Waals surface area contributed by atoms with Crippen LogP contribution in [0.5, 0.6) is 0 Å². The third-order valence-corrected chi connectivity index (χ3v) is 6.15. The van der Waals surface area contributed by atoms with E-state index in [1.807, 2.05) is 54.6 Å². The number of alkyl halides is 1. The Morgan fingerprint density at radius 1 is 1.06 bits per heavy atom. The summed E-state index contributed by atoms with van der Waals surface area (Å²) in [5.74, 6) is -0.628. The first-order chi connectivity index (χ1) is 15.8. The number of likely N-dealkylation sites (tertiary alicyclic amines) is 1. The van der Waals surface area contributed by atoms with Crippen LogP contribution >= 0.6 is 0 Å². The van der Waals surface area contributed by atoms with E-state index < -0.39 is 42.3 Å². The zero-order valence-corrected chi connectivity index (χ0v) is 18.7. The minimum Gasteiger partial charge on any atom is -0.434 e. The summed E-state index contributed by atoms with van der Waals surface area (Å²) in [7, 11) is 0. The van der Waals surface area contributed by atoms with Gasteiger partial charge in [-0.1, -0.05) is 68.4 Å². The molecule has 33 heavy (non-hydrogen) atoms. The maximum absolute atomic E-state index is 14.3. The lowest BCUT2D eigenvalue weighted by Gasteiger charge is -2.28. The highest BCUT2D eigenvalue weighted by atomic mass is 19.1. The number of halogens is 1. The Labute approximate surface area is 192 Å². The van der Waals surface area contributed by atoms with E-state index >= 15 is 0 Å². The van der Waals surface area contributed by atoms with Crippen LogP contribution in [0.1, 0.15) is 48.9 Å². The molecule has 0 radical (unpaired) electrons. The second kappa shape index (κ2) is 9.60. The summed E-state index contributed by atoms with van der Waals surface area (Å²) in [6.07, 6.45) is -3.17. The summed E-state index contributed by atoms with van der Waals surface area (Å²) in [5.41, 5.74) is 2.95. The van der Waals surface area contributed by atoms with Crippen molar-refractivity contribution < 1.29 is 23.5 Å². The third-order valence-electron chi connectivity index (χ3n) is 6.15. The number of carbonyl (C=O) groups excluding carboxylic acids is 3. The Bertz CT molecular complexity index is 1010. The summed E-state index contributed by atoms with van der Waals surface area (Å²) in [6, 6.07) is 16.1. The van der Waals surface area contributed by atoms with Gasteiger partial charge in [-0.2, -0.15) is 0 Å². The number of ether oxygens (including phenoxy) is 1. The lowest BCUT2D eigenvalue weighted by atomic mass is 9.95. The lowest BCUT2D eigenvalue weighted by molar-refractivity contribution is -0.144. The van der Waals surface area contributed by atoms with Gasteiger partial charge in [-0.15, -0.1) is 0 Å². The highest BCUT2D eigenvalue weighted by molar-refractivity contribution is 5.92. The smallest absolute Gasteiger partial charge is 0.408 e. The summed E-state index contributed by atoms with van der Waals surface area (Å²) < 4.78 is 19.3. The molecule has 7 nitrogen and oxygen atoms in total. The number of benzene rings is 2. The van der Waals surface area contributed by atoms with E-state index in [0.29, 0.717) is 5.92 Å². The second-order valence-corrected chi connectivity index (χ2v) is 8.79. The van der Waals surface area contributed by atoms with Crippen LogP contribution in [0.2, 0.25) is 0 Å².